The minimum atomic E-state index is 0.625. The van der Waals surface area contributed by atoms with Crippen LogP contribution in [0, 0.1) is 6.92 Å². The van der Waals surface area contributed by atoms with E-state index in [1.807, 2.05) is 0 Å². The molecule has 0 radical (unpaired) electrons. The lowest BCUT2D eigenvalue weighted by atomic mass is 9.95. The average Bonchev–Trinajstić information content (AvgIpc) is 2.77. The van der Waals surface area contributed by atoms with E-state index in [2.05, 4.69) is 29.7 Å². The molecule has 1 aliphatic carbocycles. The van der Waals surface area contributed by atoms with Crippen LogP contribution in [0.4, 0.5) is 0 Å². The predicted molar refractivity (Wildman–Crippen MR) is 81.0 cm³/mol. The van der Waals surface area contributed by atoms with Gasteiger partial charge in [-0.25, -0.2) is 4.98 Å². The molecule has 0 N–H and O–H groups in total. The minimum absolute atomic E-state index is 0.625. The van der Waals surface area contributed by atoms with Crippen LogP contribution >= 0.6 is 11.6 Å². The number of benzene rings is 1. The topological polar surface area (TPSA) is 17.8 Å². The molecular weight excluding hydrogens is 256 g/mol. The molecule has 0 bridgehead atoms. The van der Waals surface area contributed by atoms with Crippen molar-refractivity contribution in [3.8, 4) is 0 Å². The molecule has 1 aromatic carbocycles. The fourth-order valence-electron chi connectivity index (χ4n) is 3.27. The number of hydrogen-bond donors (Lipinski definition) is 0. The van der Waals surface area contributed by atoms with Gasteiger partial charge < -0.3 is 4.57 Å². The fourth-order valence-corrected chi connectivity index (χ4v) is 3.44. The molecule has 3 heteroatoms. The molecule has 2 aromatic rings. The lowest BCUT2D eigenvalue weighted by Crippen LogP contribution is -2.15. The monoisotopic (exact) mass is 276 g/mol. The fraction of sp³-hybridized carbons (Fsp3) is 0.562. The summed E-state index contributed by atoms with van der Waals surface area (Å²) in [5, 5.41) is 0. The highest BCUT2D eigenvalue weighted by Gasteiger charge is 2.20. The van der Waals surface area contributed by atoms with Gasteiger partial charge in [0.25, 0.3) is 0 Å². The van der Waals surface area contributed by atoms with Gasteiger partial charge in [-0.1, -0.05) is 25.3 Å². The number of hydrogen-bond acceptors (Lipinski definition) is 1. The molecule has 2 nitrogen and oxygen atoms in total. The summed E-state index contributed by atoms with van der Waals surface area (Å²) in [6.07, 6.45) is 7.51. The zero-order valence-corrected chi connectivity index (χ0v) is 12.3. The molecule has 1 saturated carbocycles. The third kappa shape index (κ3) is 2.51. The van der Waals surface area contributed by atoms with E-state index in [9.17, 15) is 0 Å². The van der Waals surface area contributed by atoms with Gasteiger partial charge in [0.2, 0.25) is 0 Å². The third-order valence-corrected chi connectivity index (χ3v) is 4.36. The molecular formula is C16H21ClN2. The summed E-state index contributed by atoms with van der Waals surface area (Å²) in [5.74, 6) is 1.82. The van der Waals surface area contributed by atoms with Crippen LogP contribution in [0.3, 0.4) is 0 Å². The Morgan fingerprint density at radius 1 is 1.26 bits per heavy atom. The van der Waals surface area contributed by atoms with Crippen molar-refractivity contribution in [1.29, 1.82) is 0 Å². The molecule has 0 unspecified atom stereocenters. The van der Waals surface area contributed by atoms with E-state index in [1.165, 1.54) is 49.0 Å². The van der Waals surface area contributed by atoms with Crippen molar-refractivity contribution < 1.29 is 0 Å². The highest BCUT2D eigenvalue weighted by Crippen LogP contribution is 2.32. The first-order valence-corrected chi connectivity index (χ1v) is 7.86. The number of alkyl halides is 1. The van der Waals surface area contributed by atoms with E-state index in [1.54, 1.807) is 0 Å². The molecule has 0 saturated heterocycles. The molecule has 1 fully saturated rings. The Morgan fingerprint density at radius 3 is 2.79 bits per heavy atom. The quantitative estimate of drug-likeness (QED) is 0.747. The van der Waals surface area contributed by atoms with Gasteiger partial charge in [-0.3, -0.25) is 0 Å². The number of nitrogens with zero attached hydrogens (tertiary/aromatic N) is 2. The van der Waals surface area contributed by atoms with Crippen molar-refractivity contribution in [3.05, 3.63) is 29.6 Å². The van der Waals surface area contributed by atoms with Crippen LogP contribution in [0.25, 0.3) is 11.0 Å². The Labute approximate surface area is 119 Å². The molecule has 1 heterocycles. The summed E-state index contributed by atoms with van der Waals surface area (Å²) in [4.78, 5) is 4.82. The van der Waals surface area contributed by atoms with E-state index >= 15 is 0 Å². The van der Waals surface area contributed by atoms with E-state index in [-0.39, 0.29) is 0 Å². The van der Waals surface area contributed by atoms with Gasteiger partial charge >= 0.3 is 0 Å². The standard InChI is InChI=1S/C16H21ClN2/c1-12-7-8-15-14(11-12)18-16(9-10-17)19(15)13-5-3-2-4-6-13/h7-8,11,13H,2-6,9-10H2,1H3. The van der Waals surface area contributed by atoms with E-state index in [4.69, 9.17) is 16.6 Å². The number of rotatable bonds is 3. The normalized spacial score (nSPS) is 17.2. The van der Waals surface area contributed by atoms with Gasteiger partial charge in [0.05, 0.1) is 11.0 Å². The van der Waals surface area contributed by atoms with E-state index < -0.39 is 0 Å². The van der Waals surface area contributed by atoms with Crippen molar-refractivity contribution >= 4 is 22.6 Å². The van der Waals surface area contributed by atoms with Crippen molar-refractivity contribution in [2.24, 2.45) is 0 Å². The van der Waals surface area contributed by atoms with Gasteiger partial charge in [-0.15, -0.1) is 11.6 Å². The summed E-state index contributed by atoms with van der Waals surface area (Å²) in [5.41, 5.74) is 3.70. The maximum atomic E-state index is 5.95. The van der Waals surface area contributed by atoms with Crippen LogP contribution in [-0.2, 0) is 6.42 Å². The molecule has 0 spiro atoms. The Bertz CT molecular complexity index is 567. The Hall–Kier alpha value is -1.02. The summed E-state index contributed by atoms with van der Waals surface area (Å²) in [6, 6.07) is 7.23. The van der Waals surface area contributed by atoms with E-state index in [0.717, 1.165) is 11.9 Å². The number of fused-ring (bicyclic) bond motifs is 1. The lowest BCUT2D eigenvalue weighted by Gasteiger charge is -2.25. The second-order valence-electron chi connectivity index (χ2n) is 5.62. The summed E-state index contributed by atoms with van der Waals surface area (Å²) < 4.78 is 2.47. The maximum Gasteiger partial charge on any atom is 0.111 e. The van der Waals surface area contributed by atoms with Crippen LogP contribution < -0.4 is 0 Å². The predicted octanol–water partition coefficient (Wildman–Crippen LogP) is 4.63. The van der Waals surface area contributed by atoms with Gasteiger partial charge in [0.15, 0.2) is 0 Å². The first-order chi connectivity index (χ1) is 9.29. The molecule has 0 amide bonds. The van der Waals surface area contributed by atoms with Crippen molar-refractivity contribution in [1.82, 2.24) is 9.55 Å². The highest BCUT2D eigenvalue weighted by atomic mass is 35.5. The number of halogens is 1. The number of aryl methyl sites for hydroxylation is 2. The van der Waals surface area contributed by atoms with Crippen LogP contribution in [0.5, 0.6) is 0 Å². The van der Waals surface area contributed by atoms with Crippen LogP contribution in [0.15, 0.2) is 18.2 Å². The highest BCUT2D eigenvalue weighted by molar-refractivity contribution is 6.17. The van der Waals surface area contributed by atoms with Crippen molar-refractivity contribution in [3.63, 3.8) is 0 Å². The molecule has 1 aliphatic rings. The maximum absolute atomic E-state index is 5.95. The van der Waals surface area contributed by atoms with Gasteiger partial charge in [0, 0.05) is 18.3 Å². The molecule has 102 valence electrons. The van der Waals surface area contributed by atoms with Crippen LogP contribution in [0.1, 0.15) is 49.5 Å². The third-order valence-electron chi connectivity index (χ3n) is 4.18. The number of aromatic nitrogens is 2. The molecule has 19 heavy (non-hydrogen) atoms. The van der Waals surface area contributed by atoms with Gasteiger partial charge in [0.1, 0.15) is 5.82 Å². The SMILES string of the molecule is Cc1ccc2c(c1)nc(CCCl)n2C1CCCCC1. The molecule has 3 rings (SSSR count). The smallest absolute Gasteiger partial charge is 0.111 e. The second kappa shape index (κ2) is 5.54. The molecule has 0 atom stereocenters. The lowest BCUT2D eigenvalue weighted by molar-refractivity contribution is 0.353. The Balaban J connectivity index is 2.09. The summed E-state index contributed by atoms with van der Waals surface area (Å²) in [6.45, 7) is 2.13. The van der Waals surface area contributed by atoms with Crippen LogP contribution in [0.2, 0.25) is 0 Å². The zero-order chi connectivity index (χ0) is 13.2. The zero-order valence-electron chi connectivity index (χ0n) is 11.5. The van der Waals surface area contributed by atoms with Crippen molar-refractivity contribution in [2.75, 3.05) is 5.88 Å². The van der Waals surface area contributed by atoms with Crippen LogP contribution in [-0.4, -0.2) is 15.4 Å². The molecule has 0 aliphatic heterocycles. The Morgan fingerprint density at radius 2 is 2.05 bits per heavy atom. The molecule has 1 aromatic heterocycles. The summed E-state index contributed by atoms with van der Waals surface area (Å²) >= 11 is 5.95. The second-order valence-corrected chi connectivity index (χ2v) is 6.00. The number of imidazole rings is 1. The summed E-state index contributed by atoms with van der Waals surface area (Å²) in [7, 11) is 0. The largest absolute Gasteiger partial charge is 0.325 e. The average molecular weight is 277 g/mol. The van der Waals surface area contributed by atoms with Gasteiger partial charge in [-0.2, -0.15) is 0 Å². The Kier molecular flexibility index (Phi) is 3.79. The first-order valence-electron chi connectivity index (χ1n) is 7.33. The first kappa shape index (κ1) is 13.0. The van der Waals surface area contributed by atoms with Gasteiger partial charge in [-0.05, 0) is 37.5 Å². The van der Waals surface area contributed by atoms with E-state index in [0.29, 0.717) is 11.9 Å². The minimum Gasteiger partial charge on any atom is -0.325 e. The van der Waals surface area contributed by atoms with Crippen molar-refractivity contribution in [2.45, 2.75) is 51.5 Å².